The number of ether oxygens (including phenoxy) is 1. The molecule has 2 amide bonds. The lowest BCUT2D eigenvalue weighted by atomic mass is 10.1. The molecule has 0 saturated carbocycles. The van der Waals surface area contributed by atoms with Gasteiger partial charge in [0.25, 0.3) is 5.91 Å². The van der Waals surface area contributed by atoms with Crippen molar-refractivity contribution >= 4 is 28.3 Å². The van der Waals surface area contributed by atoms with E-state index in [-0.39, 0.29) is 11.8 Å². The topological polar surface area (TPSA) is 80.3 Å². The maximum atomic E-state index is 12.0. The fourth-order valence-electron chi connectivity index (χ4n) is 1.82. The van der Waals surface area contributed by atoms with Crippen molar-refractivity contribution in [1.82, 2.24) is 10.3 Å². The minimum Gasteiger partial charge on any atom is -0.497 e. The van der Waals surface area contributed by atoms with Gasteiger partial charge in [-0.1, -0.05) is 12.1 Å². The van der Waals surface area contributed by atoms with Gasteiger partial charge in [-0.05, 0) is 24.1 Å². The Morgan fingerprint density at radius 1 is 1.36 bits per heavy atom. The Bertz CT molecular complexity index is 670. The molecule has 116 valence electrons. The van der Waals surface area contributed by atoms with E-state index in [0.29, 0.717) is 23.8 Å². The molecule has 2 N–H and O–H groups in total. The third-order valence-corrected chi connectivity index (χ3v) is 3.61. The highest BCUT2D eigenvalue weighted by atomic mass is 32.1. The SMILES string of the molecule is COc1cccc(CCNC(=O)c2csc(NC(C)=O)n2)c1. The lowest BCUT2D eigenvalue weighted by Crippen LogP contribution is -2.26. The van der Waals surface area contributed by atoms with Gasteiger partial charge < -0.3 is 15.4 Å². The standard InChI is InChI=1S/C15H17N3O3S/c1-10(19)17-15-18-13(9-22-15)14(20)16-7-6-11-4-3-5-12(8-11)21-2/h3-5,8-9H,6-7H2,1-2H3,(H,16,20)(H,17,18,19). The molecular formula is C15H17N3O3S. The fourth-order valence-corrected chi connectivity index (χ4v) is 2.56. The molecule has 0 bridgehead atoms. The Morgan fingerprint density at radius 2 is 2.18 bits per heavy atom. The summed E-state index contributed by atoms with van der Waals surface area (Å²) in [7, 11) is 1.62. The number of carbonyl (C=O) groups is 2. The van der Waals surface area contributed by atoms with Gasteiger partial charge in [-0.2, -0.15) is 0 Å². The molecule has 6 nitrogen and oxygen atoms in total. The van der Waals surface area contributed by atoms with E-state index >= 15 is 0 Å². The highest BCUT2D eigenvalue weighted by Gasteiger charge is 2.10. The quantitative estimate of drug-likeness (QED) is 0.854. The van der Waals surface area contributed by atoms with Crippen molar-refractivity contribution in [1.29, 1.82) is 0 Å². The molecule has 0 fully saturated rings. The predicted octanol–water partition coefficient (Wildman–Crippen LogP) is 2.08. The molecule has 0 unspecified atom stereocenters. The summed E-state index contributed by atoms with van der Waals surface area (Å²) in [5.41, 5.74) is 1.39. The van der Waals surface area contributed by atoms with Crippen LogP contribution in [-0.2, 0) is 11.2 Å². The van der Waals surface area contributed by atoms with E-state index in [0.717, 1.165) is 11.3 Å². The number of carbonyl (C=O) groups excluding carboxylic acids is 2. The maximum absolute atomic E-state index is 12.0. The van der Waals surface area contributed by atoms with Gasteiger partial charge in [-0.15, -0.1) is 11.3 Å². The summed E-state index contributed by atoms with van der Waals surface area (Å²) >= 11 is 1.22. The van der Waals surface area contributed by atoms with Crippen molar-refractivity contribution in [3.63, 3.8) is 0 Å². The number of anilines is 1. The normalized spacial score (nSPS) is 10.1. The number of nitrogens with one attached hydrogen (secondary N) is 2. The molecule has 22 heavy (non-hydrogen) atoms. The number of rotatable bonds is 6. The van der Waals surface area contributed by atoms with Crippen LogP contribution in [-0.4, -0.2) is 30.5 Å². The van der Waals surface area contributed by atoms with Crippen molar-refractivity contribution in [3.8, 4) is 5.75 Å². The van der Waals surface area contributed by atoms with Crippen LogP contribution in [0.15, 0.2) is 29.6 Å². The summed E-state index contributed by atoms with van der Waals surface area (Å²) in [5.74, 6) is 0.332. The average Bonchev–Trinajstić information content (AvgIpc) is 2.95. The molecule has 2 aromatic rings. The number of nitrogens with zero attached hydrogens (tertiary/aromatic N) is 1. The van der Waals surface area contributed by atoms with Crippen molar-refractivity contribution in [2.45, 2.75) is 13.3 Å². The largest absolute Gasteiger partial charge is 0.497 e. The van der Waals surface area contributed by atoms with Gasteiger partial charge in [-0.25, -0.2) is 4.98 Å². The molecule has 1 aromatic heterocycles. The zero-order chi connectivity index (χ0) is 15.9. The minimum absolute atomic E-state index is 0.209. The zero-order valence-electron chi connectivity index (χ0n) is 12.4. The molecule has 0 atom stereocenters. The highest BCUT2D eigenvalue weighted by molar-refractivity contribution is 7.14. The predicted molar refractivity (Wildman–Crippen MR) is 85.4 cm³/mol. The number of aromatic nitrogens is 1. The Balaban J connectivity index is 1.84. The summed E-state index contributed by atoms with van der Waals surface area (Å²) < 4.78 is 5.16. The number of thiazole rings is 1. The van der Waals surface area contributed by atoms with E-state index in [1.165, 1.54) is 18.3 Å². The fraction of sp³-hybridized carbons (Fsp3) is 0.267. The third-order valence-electron chi connectivity index (χ3n) is 2.85. The van der Waals surface area contributed by atoms with E-state index in [1.807, 2.05) is 24.3 Å². The van der Waals surface area contributed by atoms with Crippen LogP contribution in [0.25, 0.3) is 0 Å². The van der Waals surface area contributed by atoms with Crippen molar-refractivity contribution in [3.05, 3.63) is 40.9 Å². The second kappa shape index (κ2) is 7.56. The summed E-state index contributed by atoms with van der Waals surface area (Å²) in [6.45, 7) is 1.90. The number of hydrogen-bond acceptors (Lipinski definition) is 5. The van der Waals surface area contributed by atoms with Gasteiger partial charge in [0.1, 0.15) is 11.4 Å². The molecule has 0 spiro atoms. The monoisotopic (exact) mass is 319 g/mol. The average molecular weight is 319 g/mol. The Labute approximate surface area is 132 Å². The van der Waals surface area contributed by atoms with Crippen molar-refractivity contribution in [2.75, 3.05) is 19.0 Å². The number of amides is 2. The molecule has 0 aliphatic carbocycles. The third kappa shape index (κ3) is 4.56. The number of hydrogen-bond donors (Lipinski definition) is 2. The van der Waals surface area contributed by atoms with Gasteiger partial charge in [0.15, 0.2) is 5.13 Å². The number of methoxy groups -OCH3 is 1. The maximum Gasteiger partial charge on any atom is 0.270 e. The van der Waals surface area contributed by atoms with E-state index in [4.69, 9.17) is 4.74 Å². The van der Waals surface area contributed by atoms with Crippen LogP contribution in [0.2, 0.25) is 0 Å². The van der Waals surface area contributed by atoms with E-state index in [1.54, 1.807) is 12.5 Å². The first-order valence-electron chi connectivity index (χ1n) is 6.72. The van der Waals surface area contributed by atoms with Gasteiger partial charge in [0.2, 0.25) is 5.91 Å². The Morgan fingerprint density at radius 3 is 2.91 bits per heavy atom. The van der Waals surface area contributed by atoms with Gasteiger partial charge in [0, 0.05) is 18.8 Å². The first-order chi connectivity index (χ1) is 10.6. The summed E-state index contributed by atoms with van der Waals surface area (Å²) in [6.07, 6.45) is 0.700. The second-order valence-electron chi connectivity index (χ2n) is 4.58. The molecule has 1 heterocycles. The molecule has 0 radical (unpaired) electrons. The van der Waals surface area contributed by atoms with Crippen LogP contribution in [0.1, 0.15) is 23.0 Å². The van der Waals surface area contributed by atoms with E-state index in [2.05, 4.69) is 15.6 Å². The summed E-state index contributed by atoms with van der Waals surface area (Å²) in [5, 5.41) is 7.39. The van der Waals surface area contributed by atoms with Gasteiger partial charge in [0.05, 0.1) is 7.11 Å². The Kier molecular flexibility index (Phi) is 5.48. The number of benzene rings is 1. The van der Waals surface area contributed by atoms with Crippen molar-refractivity contribution in [2.24, 2.45) is 0 Å². The Hall–Kier alpha value is -2.41. The van der Waals surface area contributed by atoms with Crippen molar-refractivity contribution < 1.29 is 14.3 Å². The molecule has 0 aliphatic rings. The lowest BCUT2D eigenvalue weighted by molar-refractivity contribution is -0.114. The smallest absolute Gasteiger partial charge is 0.270 e. The second-order valence-corrected chi connectivity index (χ2v) is 5.43. The van der Waals surface area contributed by atoms with Gasteiger partial charge >= 0.3 is 0 Å². The molecule has 7 heteroatoms. The van der Waals surface area contributed by atoms with E-state index < -0.39 is 0 Å². The van der Waals surface area contributed by atoms with Crippen LogP contribution in [0, 0.1) is 0 Å². The molecule has 0 saturated heterocycles. The first kappa shape index (κ1) is 16.0. The minimum atomic E-state index is -0.254. The van der Waals surface area contributed by atoms with Crippen LogP contribution < -0.4 is 15.4 Å². The molecule has 1 aromatic carbocycles. The summed E-state index contributed by atoms with van der Waals surface area (Å²) in [4.78, 5) is 26.9. The van der Waals surface area contributed by atoms with Crippen LogP contribution >= 0.6 is 11.3 Å². The molecular weight excluding hydrogens is 302 g/mol. The lowest BCUT2D eigenvalue weighted by Gasteiger charge is -2.05. The van der Waals surface area contributed by atoms with Crippen LogP contribution in [0.3, 0.4) is 0 Å². The zero-order valence-corrected chi connectivity index (χ0v) is 13.2. The summed E-state index contributed by atoms with van der Waals surface area (Å²) in [6, 6.07) is 7.70. The van der Waals surface area contributed by atoms with Crippen LogP contribution in [0.4, 0.5) is 5.13 Å². The highest BCUT2D eigenvalue weighted by Crippen LogP contribution is 2.15. The molecule has 0 aliphatic heterocycles. The first-order valence-corrected chi connectivity index (χ1v) is 7.60. The van der Waals surface area contributed by atoms with Crippen LogP contribution in [0.5, 0.6) is 5.75 Å². The van der Waals surface area contributed by atoms with E-state index in [9.17, 15) is 9.59 Å². The molecule has 2 rings (SSSR count). The van der Waals surface area contributed by atoms with Gasteiger partial charge in [-0.3, -0.25) is 9.59 Å².